The maximum absolute atomic E-state index is 12.5. The number of hydrogen-bond donors (Lipinski definition) is 1. The van der Waals surface area contributed by atoms with Crippen molar-refractivity contribution in [3.05, 3.63) is 35.4 Å². The van der Waals surface area contributed by atoms with E-state index in [9.17, 15) is 21.6 Å². The molecule has 0 amide bonds. The summed E-state index contributed by atoms with van der Waals surface area (Å²) in [4.78, 5) is 0. The van der Waals surface area contributed by atoms with Crippen molar-refractivity contribution >= 4 is 10.0 Å². The second-order valence-electron chi connectivity index (χ2n) is 4.19. The molecule has 0 aliphatic heterocycles. The smallest absolute Gasteiger partial charge is 0.212 e. The molecule has 0 atom stereocenters. The Bertz CT molecular complexity index is 512. The SMILES string of the molecule is CCCCS(=O)(=O)NCc1cccc(C(F)(F)F)c1. The first-order valence-corrected chi connectivity index (χ1v) is 7.53. The number of hydrogen-bond acceptors (Lipinski definition) is 2. The van der Waals surface area contributed by atoms with E-state index in [0.717, 1.165) is 18.6 Å². The third kappa shape index (κ3) is 5.61. The van der Waals surface area contributed by atoms with Crippen molar-refractivity contribution in [3.8, 4) is 0 Å². The van der Waals surface area contributed by atoms with E-state index in [-0.39, 0.29) is 17.9 Å². The average molecular weight is 295 g/mol. The number of benzene rings is 1. The van der Waals surface area contributed by atoms with Crippen LogP contribution in [0.2, 0.25) is 0 Å². The molecule has 0 heterocycles. The summed E-state index contributed by atoms with van der Waals surface area (Å²) < 4.78 is 62.7. The lowest BCUT2D eigenvalue weighted by atomic mass is 10.1. The summed E-state index contributed by atoms with van der Waals surface area (Å²) in [6, 6.07) is 4.62. The summed E-state index contributed by atoms with van der Waals surface area (Å²) in [7, 11) is -3.42. The quantitative estimate of drug-likeness (QED) is 0.877. The number of rotatable bonds is 6. The Hall–Kier alpha value is -1.08. The topological polar surface area (TPSA) is 46.2 Å². The van der Waals surface area contributed by atoms with Crippen LogP contribution < -0.4 is 4.72 Å². The Kier molecular flexibility index (Phi) is 5.37. The van der Waals surface area contributed by atoms with Gasteiger partial charge in [0.2, 0.25) is 10.0 Å². The average Bonchev–Trinajstić information content (AvgIpc) is 2.34. The minimum Gasteiger partial charge on any atom is -0.212 e. The lowest BCUT2D eigenvalue weighted by Gasteiger charge is -2.10. The summed E-state index contributed by atoms with van der Waals surface area (Å²) in [5.74, 6) is -0.0114. The van der Waals surface area contributed by atoms with Crippen LogP contribution in [0, 0.1) is 0 Å². The highest BCUT2D eigenvalue weighted by Gasteiger charge is 2.30. The molecule has 0 aromatic heterocycles. The molecule has 7 heteroatoms. The monoisotopic (exact) mass is 295 g/mol. The molecule has 1 aromatic carbocycles. The van der Waals surface area contributed by atoms with Gasteiger partial charge in [0.1, 0.15) is 0 Å². The van der Waals surface area contributed by atoms with Crippen molar-refractivity contribution in [3.63, 3.8) is 0 Å². The fourth-order valence-electron chi connectivity index (χ4n) is 1.46. The van der Waals surface area contributed by atoms with Crippen molar-refractivity contribution in [1.29, 1.82) is 0 Å². The largest absolute Gasteiger partial charge is 0.416 e. The van der Waals surface area contributed by atoms with E-state index in [1.54, 1.807) is 0 Å². The predicted octanol–water partition coefficient (Wildman–Crippen LogP) is 2.92. The highest BCUT2D eigenvalue weighted by molar-refractivity contribution is 7.89. The van der Waals surface area contributed by atoms with E-state index in [4.69, 9.17) is 0 Å². The fourth-order valence-corrected chi connectivity index (χ4v) is 2.66. The van der Waals surface area contributed by atoms with Gasteiger partial charge < -0.3 is 0 Å². The number of alkyl halides is 3. The van der Waals surface area contributed by atoms with Crippen LogP contribution in [0.25, 0.3) is 0 Å². The van der Waals surface area contributed by atoms with E-state index >= 15 is 0 Å². The third-order valence-corrected chi connectivity index (χ3v) is 3.93. The van der Waals surface area contributed by atoms with Crippen LogP contribution in [0.4, 0.5) is 13.2 Å². The maximum atomic E-state index is 12.5. The van der Waals surface area contributed by atoms with Crippen LogP contribution in [0.5, 0.6) is 0 Å². The molecule has 0 saturated heterocycles. The van der Waals surface area contributed by atoms with Crippen LogP contribution in [0.15, 0.2) is 24.3 Å². The van der Waals surface area contributed by atoms with E-state index in [1.807, 2.05) is 6.92 Å². The fraction of sp³-hybridized carbons (Fsp3) is 0.500. The minimum atomic E-state index is -4.42. The molecule has 0 saturated carbocycles. The van der Waals surface area contributed by atoms with Gasteiger partial charge in [-0.05, 0) is 18.1 Å². The van der Waals surface area contributed by atoms with Gasteiger partial charge in [-0.3, -0.25) is 0 Å². The molecule has 0 bridgehead atoms. The maximum Gasteiger partial charge on any atom is 0.416 e. The minimum absolute atomic E-state index is 0.0114. The second-order valence-corrected chi connectivity index (χ2v) is 6.12. The summed E-state index contributed by atoms with van der Waals surface area (Å²) >= 11 is 0. The Morgan fingerprint density at radius 2 is 1.95 bits per heavy atom. The highest BCUT2D eigenvalue weighted by atomic mass is 32.2. The van der Waals surface area contributed by atoms with Gasteiger partial charge in [-0.25, -0.2) is 13.1 Å². The molecular weight excluding hydrogens is 279 g/mol. The lowest BCUT2D eigenvalue weighted by Crippen LogP contribution is -2.26. The van der Waals surface area contributed by atoms with Crippen molar-refractivity contribution in [2.24, 2.45) is 0 Å². The summed E-state index contributed by atoms with van der Waals surface area (Å²) in [6.07, 6.45) is -3.15. The molecule has 3 nitrogen and oxygen atoms in total. The number of nitrogens with one attached hydrogen (secondary N) is 1. The molecular formula is C12H16F3NO2S. The first-order chi connectivity index (χ1) is 8.74. The molecule has 0 unspecified atom stereocenters. The third-order valence-electron chi connectivity index (χ3n) is 2.52. The zero-order chi connectivity index (χ0) is 14.5. The van der Waals surface area contributed by atoms with Crippen LogP contribution in [0.3, 0.4) is 0 Å². The van der Waals surface area contributed by atoms with Crippen LogP contribution in [-0.2, 0) is 22.7 Å². The molecule has 1 N–H and O–H groups in total. The molecule has 0 aliphatic rings. The van der Waals surface area contributed by atoms with Gasteiger partial charge >= 0.3 is 6.18 Å². The highest BCUT2D eigenvalue weighted by Crippen LogP contribution is 2.29. The van der Waals surface area contributed by atoms with Crippen molar-refractivity contribution in [2.45, 2.75) is 32.5 Å². The zero-order valence-corrected chi connectivity index (χ0v) is 11.3. The van der Waals surface area contributed by atoms with E-state index in [1.165, 1.54) is 12.1 Å². The molecule has 0 fully saturated rings. The van der Waals surface area contributed by atoms with Gasteiger partial charge in [0.05, 0.1) is 11.3 Å². The summed E-state index contributed by atoms with van der Waals surface area (Å²) in [5, 5.41) is 0. The van der Waals surface area contributed by atoms with E-state index in [0.29, 0.717) is 6.42 Å². The second kappa shape index (κ2) is 6.38. The van der Waals surface area contributed by atoms with Crippen molar-refractivity contribution < 1.29 is 21.6 Å². The van der Waals surface area contributed by atoms with E-state index < -0.39 is 21.8 Å². The van der Waals surface area contributed by atoms with Gasteiger partial charge in [-0.1, -0.05) is 31.5 Å². The van der Waals surface area contributed by atoms with Crippen molar-refractivity contribution in [2.75, 3.05) is 5.75 Å². The van der Waals surface area contributed by atoms with Gasteiger partial charge in [0, 0.05) is 6.54 Å². The van der Waals surface area contributed by atoms with Gasteiger partial charge in [-0.15, -0.1) is 0 Å². The molecule has 1 aromatic rings. The molecule has 108 valence electrons. The Balaban J connectivity index is 2.69. The van der Waals surface area contributed by atoms with Crippen molar-refractivity contribution in [1.82, 2.24) is 4.72 Å². The van der Waals surface area contributed by atoms with Gasteiger partial charge in [-0.2, -0.15) is 13.2 Å². The number of unbranched alkanes of at least 4 members (excludes halogenated alkanes) is 1. The summed E-state index contributed by atoms with van der Waals surface area (Å²) in [5.41, 5.74) is -0.493. The van der Waals surface area contributed by atoms with Crippen LogP contribution >= 0.6 is 0 Å². The normalized spacial score (nSPS) is 12.6. The van der Waals surface area contributed by atoms with Gasteiger partial charge in [0.15, 0.2) is 0 Å². The zero-order valence-electron chi connectivity index (χ0n) is 10.5. The van der Waals surface area contributed by atoms with Crippen LogP contribution in [-0.4, -0.2) is 14.2 Å². The Labute approximate surface area is 110 Å². The van der Waals surface area contributed by atoms with Gasteiger partial charge in [0.25, 0.3) is 0 Å². The Morgan fingerprint density at radius 3 is 2.53 bits per heavy atom. The Morgan fingerprint density at radius 1 is 1.26 bits per heavy atom. The molecule has 0 aliphatic carbocycles. The molecule has 19 heavy (non-hydrogen) atoms. The van der Waals surface area contributed by atoms with Crippen LogP contribution in [0.1, 0.15) is 30.9 Å². The summed E-state index contributed by atoms with van der Waals surface area (Å²) in [6.45, 7) is 1.73. The predicted molar refractivity (Wildman–Crippen MR) is 67.0 cm³/mol. The molecule has 1 rings (SSSR count). The first kappa shape index (κ1) is 16.0. The first-order valence-electron chi connectivity index (χ1n) is 5.88. The molecule has 0 radical (unpaired) electrons. The van der Waals surface area contributed by atoms with E-state index in [2.05, 4.69) is 4.72 Å². The lowest BCUT2D eigenvalue weighted by molar-refractivity contribution is -0.137. The number of sulfonamides is 1. The number of halogens is 3. The molecule has 0 spiro atoms. The standard InChI is InChI=1S/C12H16F3NO2S/c1-2-3-7-19(17,18)16-9-10-5-4-6-11(8-10)12(13,14)15/h4-6,8,16H,2-3,7,9H2,1H3.